The lowest BCUT2D eigenvalue weighted by atomic mass is 10.1. The van der Waals surface area contributed by atoms with Gasteiger partial charge in [-0.05, 0) is 43.2 Å². The zero-order chi connectivity index (χ0) is 17.1. The van der Waals surface area contributed by atoms with Crippen molar-refractivity contribution in [1.82, 2.24) is 14.9 Å². The number of amides is 2. The van der Waals surface area contributed by atoms with Crippen LogP contribution in [0.3, 0.4) is 0 Å². The molecule has 0 bridgehead atoms. The Labute approximate surface area is 141 Å². The van der Waals surface area contributed by atoms with E-state index in [0.29, 0.717) is 6.54 Å². The van der Waals surface area contributed by atoms with Crippen LogP contribution in [-0.2, 0) is 6.54 Å². The van der Waals surface area contributed by atoms with Crippen LogP contribution in [0.25, 0.3) is 10.9 Å². The van der Waals surface area contributed by atoms with E-state index < -0.39 is 0 Å². The largest absolute Gasteiger partial charge is 0.323 e. The third kappa shape index (κ3) is 3.35. The second kappa shape index (κ2) is 6.66. The van der Waals surface area contributed by atoms with Crippen molar-refractivity contribution in [2.75, 3.05) is 12.4 Å². The zero-order valence-corrected chi connectivity index (χ0v) is 14.1. The van der Waals surface area contributed by atoms with Crippen LogP contribution in [0.1, 0.15) is 16.8 Å². The molecule has 0 fully saturated rings. The fourth-order valence-corrected chi connectivity index (χ4v) is 2.61. The molecule has 3 rings (SSSR count). The Hall–Kier alpha value is -2.95. The standard InChI is InChI=1S/C19H20N4O/c1-13-11-21-14(2)10-18(13)22-19(24)23(3)12-15-6-4-8-17-16(15)7-5-9-20-17/h4-11H,12H2,1-3H3,(H,21,22,24). The van der Waals surface area contributed by atoms with Gasteiger partial charge >= 0.3 is 6.03 Å². The van der Waals surface area contributed by atoms with Gasteiger partial charge in [0.05, 0.1) is 5.52 Å². The number of pyridine rings is 2. The molecule has 5 nitrogen and oxygen atoms in total. The smallest absolute Gasteiger partial charge is 0.321 e. The van der Waals surface area contributed by atoms with Gasteiger partial charge < -0.3 is 10.2 Å². The molecule has 0 atom stereocenters. The van der Waals surface area contributed by atoms with Crippen LogP contribution in [0.15, 0.2) is 48.8 Å². The maximum atomic E-state index is 12.5. The molecule has 3 aromatic rings. The monoisotopic (exact) mass is 320 g/mol. The van der Waals surface area contributed by atoms with Crippen LogP contribution in [0.5, 0.6) is 0 Å². The molecule has 1 aromatic carbocycles. The van der Waals surface area contributed by atoms with E-state index in [-0.39, 0.29) is 6.03 Å². The van der Waals surface area contributed by atoms with Gasteiger partial charge in [0.25, 0.3) is 0 Å². The summed E-state index contributed by atoms with van der Waals surface area (Å²) in [6.45, 7) is 4.35. The Balaban J connectivity index is 1.77. The number of nitrogens with one attached hydrogen (secondary N) is 1. The fraction of sp³-hybridized carbons (Fsp3) is 0.211. The molecule has 122 valence electrons. The average Bonchev–Trinajstić information content (AvgIpc) is 2.58. The topological polar surface area (TPSA) is 58.1 Å². The zero-order valence-electron chi connectivity index (χ0n) is 14.1. The van der Waals surface area contributed by atoms with Crippen LogP contribution < -0.4 is 5.32 Å². The molecule has 2 amide bonds. The molecule has 0 saturated heterocycles. The summed E-state index contributed by atoms with van der Waals surface area (Å²) >= 11 is 0. The van der Waals surface area contributed by atoms with Crippen molar-refractivity contribution in [2.45, 2.75) is 20.4 Å². The van der Waals surface area contributed by atoms with E-state index in [0.717, 1.165) is 33.4 Å². The van der Waals surface area contributed by atoms with E-state index in [1.54, 1.807) is 24.3 Å². The summed E-state index contributed by atoms with van der Waals surface area (Å²) in [7, 11) is 1.79. The highest BCUT2D eigenvalue weighted by Crippen LogP contribution is 2.19. The number of carbonyl (C=O) groups is 1. The van der Waals surface area contributed by atoms with Crippen LogP contribution in [0.2, 0.25) is 0 Å². The Kier molecular flexibility index (Phi) is 4.42. The SMILES string of the molecule is Cc1cc(NC(=O)N(C)Cc2cccc3ncccc23)c(C)cn1. The normalized spacial score (nSPS) is 10.6. The van der Waals surface area contributed by atoms with Gasteiger partial charge in [-0.3, -0.25) is 9.97 Å². The molecule has 0 aliphatic rings. The molecule has 0 spiro atoms. The maximum absolute atomic E-state index is 12.5. The Morgan fingerprint density at radius 2 is 2.00 bits per heavy atom. The summed E-state index contributed by atoms with van der Waals surface area (Å²) in [5.41, 5.74) is 4.61. The van der Waals surface area contributed by atoms with Crippen molar-refractivity contribution in [3.05, 3.63) is 65.6 Å². The second-order valence-electron chi connectivity index (χ2n) is 5.91. The highest BCUT2D eigenvalue weighted by atomic mass is 16.2. The summed E-state index contributed by atoms with van der Waals surface area (Å²) < 4.78 is 0. The number of hydrogen-bond donors (Lipinski definition) is 1. The lowest BCUT2D eigenvalue weighted by molar-refractivity contribution is 0.221. The molecule has 2 aromatic heterocycles. The molecular formula is C19H20N4O. The molecule has 1 N–H and O–H groups in total. The first-order valence-corrected chi connectivity index (χ1v) is 7.82. The molecule has 0 unspecified atom stereocenters. The second-order valence-corrected chi connectivity index (χ2v) is 5.91. The minimum Gasteiger partial charge on any atom is -0.323 e. The highest BCUT2D eigenvalue weighted by molar-refractivity contribution is 5.90. The number of aryl methyl sites for hydroxylation is 2. The molecule has 0 radical (unpaired) electrons. The number of fused-ring (bicyclic) bond motifs is 1. The van der Waals surface area contributed by atoms with Crippen LogP contribution >= 0.6 is 0 Å². The molecule has 2 heterocycles. The molecule has 0 aliphatic carbocycles. The number of nitrogens with zero attached hydrogens (tertiary/aromatic N) is 3. The molecule has 0 aliphatic heterocycles. The van der Waals surface area contributed by atoms with Crippen molar-refractivity contribution < 1.29 is 4.79 Å². The van der Waals surface area contributed by atoms with Gasteiger partial charge in [-0.2, -0.15) is 0 Å². The molecule has 0 saturated carbocycles. The van der Waals surface area contributed by atoms with Gasteiger partial charge in [-0.1, -0.05) is 18.2 Å². The number of rotatable bonds is 3. The first kappa shape index (κ1) is 15.9. The molecular weight excluding hydrogens is 300 g/mol. The third-order valence-electron chi connectivity index (χ3n) is 3.97. The number of aromatic nitrogens is 2. The minimum atomic E-state index is -0.149. The molecule has 24 heavy (non-hydrogen) atoms. The Bertz CT molecular complexity index is 886. The van der Waals surface area contributed by atoms with Gasteiger partial charge in [0.1, 0.15) is 0 Å². The number of hydrogen-bond acceptors (Lipinski definition) is 3. The fourth-order valence-electron chi connectivity index (χ4n) is 2.61. The van der Waals surface area contributed by atoms with Gasteiger partial charge in [-0.25, -0.2) is 4.79 Å². The lowest BCUT2D eigenvalue weighted by Gasteiger charge is -2.20. The number of benzene rings is 1. The van der Waals surface area contributed by atoms with E-state index in [1.807, 2.05) is 50.2 Å². The number of anilines is 1. The Morgan fingerprint density at radius 3 is 2.83 bits per heavy atom. The van der Waals surface area contributed by atoms with Crippen molar-refractivity contribution in [3.63, 3.8) is 0 Å². The van der Waals surface area contributed by atoms with Crippen LogP contribution in [0.4, 0.5) is 10.5 Å². The van der Waals surface area contributed by atoms with Crippen molar-refractivity contribution in [2.24, 2.45) is 0 Å². The summed E-state index contributed by atoms with van der Waals surface area (Å²) in [5, 5.41) is 4.02. The average molecular weight is 320 g/mol. The number of carbonyl (C=O) groups excluding carboxylic acids is 1. The van der Waals surface area contributed by atoms with E-state index in [4.69, 9.17) is 0 Å². The van der Waals surface area contributed by atoms with Crippen LogP contribution in [-0.4, -0.2) is 27.9 Å². The van der Waals surface area contributed by atoms with E-state index >= 15 is 0 Å². The summed E-state index contributed by atoms with van der Waals surface area (Å²) in [6, 6.07) is 11.6. The maximum Gasteiger partial charge on any atom is 0.321 e. The van der Waals surface area contributed by atoms with Crippen molar-refractivity contribution in [1.29, 1.82) is 0 Å². The Morgan fingerprint density at radius 1 is 1.17 bits per heavy atom. The predicted molar refractivity (Wildman–Crippen MR) is 95.9 cm³/mol. The van der Waals surface area contributed by atoms with Gasteiger partial charge in [-0.15, -0.1) is 0 Å². The lowest BCUT2D eigenvalue weighted by Crippen LogP contribution is -2.31. The van der Waals surface area contributed by atoms with Crippen LogP contribution in [0, 0.1) is 13.8 Å². The summed E-state index contributed by atoms with van der Waals surface area (Å²) in [5.74, 6) is 0. The van der Waals surface area contributed by atoms with E-state index in [2.05, 4.69) is 15.3 Å². The van der Waals surface area contributed by atoms with Gasteiger partial charge in [0.15, 0.2) is 0 Å². The molecule has 5 heteroatoms. The predicted octanol–water partition coefficient (Wildman–Crippen LogP) is 3.91. The summed E-state index contributed by atoms with van der Waals surface area (Å²) in [6.07, 6.45) is 3.54. The third-order valence-corrected chi connectivity index (χ3v) is 3.97. The van der Waals surface area contributed by atoms with E-state index in [1.165, 1.54) is 0 Å². The van der Waals surface area contributed by atoms with Crippen molar-refractivity contribution >= 4 is 22.6 Å². The minimum absolute atomic E-state index is 0.149. The number of urea groups is 1. The quantitative estimate of drug-likeness (QED) is 0.796. The van der Waals surface area contributed by atoms with E-state index in [9.17, 15) is 4.79 Å². The highest BCUT2D eigenvalue weighted by Gasteiger charge is 2.12. The van der Waals surface area contributed by atoms with Gasteiger partial charge in [0.2, 0.25) is 0 Å². The van der Waals surface area contributed by atoms with Crippen molar-refractivity contribution in [3.8, 4) is 0 Å². The van der Waals surface area contributed by atoms with Gasteiger partial charge in [0, 0.05) is 42.8 Å². The first-order valence-electron chi connectivity index (χ1n) is 7.82. The first-order chi connectivity index (χ1) is 11.5. The summed E-state index contributed by atoms with van der Waals surface area (Å²) in [4.78, 5) is 22.7.